The van der Waals surface area contributed by atoms with Gasteiger partial charge in [-0.1, -0.05) is 0 Å². The first kappa shape index (κ1) is 17.7. The molecule has 0 bridgehead atoms. The fourth-order valence-corrected chi connectivity index (χ4v) is 16.2. The molecule has 0 nitrogen and oxygen atoms in total. The molecule has 0 amide bonds. The van der Waals surface area contributed by atoms with E-state index in [2.05, 4.69) is 41.5 Å². The molecule has 0 fully saturated rings. The second-order valence-electron chi connectivity index (χ2n) is 5.54. The number of rotatable bonds is 6. The van der Waals surface area contributed by atoms with E-state index in [1.165, 1.54) is 0 Å². The number of halogens is 1. The van der Waals surface area contributed by atoms with Gasteiger partial charge >= 0.3 is 93.3 Å². The Kier molecular flexibility index (Phi) is 12.1. The van der Waals surface area contributed by atoms with Crippen LogP contribution in [-0.2, 0) is 21.4 Å². The first-order valence-electron chi connectivity index (χ1n) is 5.75. The van der Waals surface area contributed by atoms with E-state index in [1.54, 1.807) is 12.5 Å². The summed E-state index contributed by atoms with van der Waals surface area (Å²) in [4.78, 5) is 0. The summed E-state index contributed by atoms with van der Waals surface area (Å²) in [7, 11) is 0. The fraction of sp³-hybridized carbons (Fsp3) is 1.00. The van der Waals surface area contributed by atoms with Gasteiger partial charge in [0.25, 0.3) is 0 Å². The van der Waals surface area contributed by atoms with Crippen molar-refractivity contribution in [2.45, 2.75) is 54.1 Å². The molecule has 0 radical (unpaired) electrons. The van der Waals surface area contributed by atoms with Crippen molar-refractivity contribution in [3.63, 3.8) is 0 Å². The average Bonchev–Trinajstić information content (AvgIpc) is 1.80. The van der Waals surface area contributed by atoms with Crippen molar-refractivity contribution < 1.29 is 21.4 Å². The van der Waals surface area contributed by atoms with E-state index < -0.39 is 21.4 Å². The molecule has 0 aromatic rings. The molecule has 0 N–H and O–H groups in total. The third kappa shape index (κ3) is 11.4. The molecule has 0 rings (SSSR count). The van der Waals surface area contributed by atoms with Gasteiger partial charge in [-0.3, -0.25) is 0 Å². The first-order valence-corrected chi connectivity index (χ1v) is 13.4. The van der Waals surface area contributed by atoms with Crippen LogP contribution in [0, 0.1) is 17.8 Å². The van der Waals surface area contributed by atoms with Crippen LogP contribution in [0.1, 0.15) is 41.5 Å². The number of hydrogen-bond donors (Lipinski definition) is 0. The normalized spacial score (nSPS) is 10.9. The van der Waals surface area contributed by atoms with Gasteiger partial charge in [-0.15, -0.1) is 17.0 Å². The zero-order valence-electron chi connectivity index (χ0n) is 10.8. The van der Waals surface area contributed by atoms with Crippen molar-refractivity contribution >= 4 is 17.0 Å². The van der Waals surface area contributed by atoms with E-state index in [1.807, 2.05) is 0 Å². The van der Waals surface area contributed by atoms with Crippen molar-refractivity contribution in [1.82, 2.24) is 0 Å². The quantitative estimate of drug-likeness (QED) is 0.495. The summed E-state index contributed by atoms with van der Waals surface area (Å²) in [5, 5.41) is 0. The van der Waals surface area contributed by atoms with Gasteiger partial charge in [-0.2, -0.15) is 0 Å². The molecule has 0 aromatic carbocycles. The summed E-state index contributed by atoms with van der Waals surface area (Å²) < 4.78 is 4.88. The van der Waals surface area contributed by atoms with Gasteiger partial charge in [-0.25, -0.2) is 0 Å². The van der Waals surface area contributed by atoms with E-state index in [9.17, 15) is 0 Å². The van der Waals surface area contributed by atoms with Gasteiger partial charge in [0, 0.05) is 0 Å². The number of hydrogen-bond acceptors (Lipinski definition) is 0. The van der Waals surface area contributed by atoms with Gasteiger partial charge in [0.15, 0.2) is 0 Å². The third-order valence-corrected chi connectivity index (χ3v) is 17.1. The predicted molar refractivity (Wildman–Crippen MR) is 69.3 cm³/mol. The Morgan fingerprint density at radius 2 is 0.857 bits per heavy atom. The Morgan fingerprint density at radius 3 is 1.00 bits per heavy atom. The second kappa shape index (κ2) is 9.57. The second-order valence-corrected chi connectivity index (χ2v) is 15.3. The summed E-state index contributed by atoms with van der Waals surface area (Å²) in [6, 6.07) is 0. The molecule has 0 saturated carbocycles. The van der Waals surface area contributed by atoms with Gasteiger partial charge in [-0.05, 0) is 0 Å². The van der Waals surface area contributed by atoms with Crippen molar-refractivity contribution in [1.29, 1.82) is 0 Å². The van der Waals surface area contributed by atoms with Crippen LogP contribution in [0.2, 0.25) is 12.5 Å². The maximum atomic E-state index is 2.39. The van der Waals surface area contributed by atoms with Crippen LogP contribution in [0.4, 0.5) is 0 Å². The first-order chi connectivity index (χ1) is 5.91. The molecule has 14 heavy (non-hydrogen) atoms. The molecule has 0 aliphatic heterocycles. The predicted octanol–water partition coefficient (Wildman–Crippen LogP) is 5.41. The van der Waals surface area contributed by atoms with Crippen molar-refractivity contribution in [2.24, 2.45) is 17.8 Å². The molecular weight excluding hydrogens is 403 g/mol. The summed E-state index contributed by atoms with van der Waals surface area (Å²) >= 11 is -1.14. The zero-order valence-corrected chi connectivity index (χ0v) is 16.1. The Morgan fingerprint density at radius 1 is 0.643 bits per heavy atom. The van der Waals surface area contributed by atoms with Gasteiger partial charge in [0.05, 0.1) is 0 Å². The van der Waals surface area contributed by atoms with E-state index in [0.29, 0.717) is 0 Å². The van der Waals surface area contributed by atoms with Gasteiger partial charge < -0.3 is 0 Å². The van der Waals surface area contributed by atoms with Crippen LogP contribution in [0.5, 0.6) is 0 Å². The van der Waals surface area contributed by atoms with Crippen LogP contribution in [-0.4, -0.2) is 0 Å². The molecule has 0 aromatic heterocycles. The van der Waals surface area contributed by atoms with E-state index in [-0.39, 0.29) is 17.0 Å². The van der Waals surface area contributed by atoms with Crippen molar-refractivity contribution in [3.8, 4) is 0 Å². The Hall–Kier alpha value is 1.35. The van der Waals surface area contributed by atoms with E-state index >= 15 is 0 Å². The third-order valence-electron chi connectivity index (χ3n) is 2.09. The minimum atomic E-state index is -1.14. The standard InChI is InChI=1S/3C4H9.BrH.Hf/c3*1-4(2)3;;/h3*4H,1H2,2-3H3;1H;. The zero-order chi connectivity index (χ0) is 10.4. The molecule has 0 atom stereocenters. The topological polar surface area (TPSA) is 0 Å². The molecular formula is C12H28BrHf. The van der Waals surface area contributed by atoms with E-state index in [0.717, 1.165) is 17.8 Å². The van der Waals surface area contributed by atoms with Crippen LogP contribution in [0.25, 0.3) is 0 Å². The molecule has 87 valence electrons. The Bertz CT molecular complexity index is 97.7. The fourth-order valence-electron chi connectivity index (χ4n) is 1.98. The molecule has 0 unspecified atom stereocenters. The summed E-state index contributed by atoms with van der Waals surface area (Å²) in [6.07, 6.45) is 0. The Labute approximate surface area is 110 Å². The molecule has 0 heterocycles. The van der Waals surface area contributed by atoms with Gasteiger partial charge in [0.2, 0.25) is 0 Å². The molecule has 0 aliphatic carbocycles. The molecule has 2 heteroatoms. The summed E-state index contributed by atoms with van der Waals surface area (Å²) in [5.41, 5.74) is 0. The van der Waals surface area contributed by atoms with Crippen molar-refractivity contribution in [3.05, 3.63) is 0 Å². The maximum absolute atomic E-state index is 2.39. The monoisotopic (exact) mass is 431 g/mol. The van der Waals surface area contributed by atoms with Crippen LogP contribution >= 0.6 is 17.0 Å². The molecule has 0 aliphatic rings. The minimum absolute atomic E-state index is 0. The van der Waals surface area contributed by atoms with Crippen molar-refractivity contribution in [2.75, 3.05) is 0 Å². The summed E-state index contributed by atoms with van der Waals surface area (Å²) in [5.74, 6) is 2.87. The van der Waals surface area contributed by atoms with Gasteiger partial charge in [0.1, 0.15) is 0 Å². The Balaban J connectivity index is 0. The summed E-state index contributed by atoms with van der Waals surface area (Å²) in [6.45, 7) is 14.4. The SMILES string of the molecule is Br.CC(C)[CH2][Hf]([CH2]C(C)C)[CH2]C(C)C. The average molecular weight is 431 g/mol. The van der Waals surface area contributed by atoms with Crippen LogP contribution < -0.4 is 0 Å². The van der Waals surface area contributed by atoms with E-state index in [4.69, 9.17) is 0 Å². The van der Waals surface area contributed by atoms with Crippen LogP contribution in [0.3, 0.4) is 0 Å². The molecule has 0 spiro atoms. The van der Waals surface area contributed by atoms with Crippen LogP contribution in [0.15, 0.2) is 0 Å². The molecule has 0 saturated heterocycles.